The molecule has 2 fully saturated rings. The van der Waals surface area contributed by atoms with Crippen LogP contribution in [0.5, 0.6) is 6.01 Å². The van der Waals surface area contributed by atoms with Crippen LogP contribution in [0.15, 0.2) is 23.8 Å². The quantitative estimate of drug-likeness (QED) is 0.373. The van der Waals surface area contributed by atoms with Crippen molar-refractivity contribution >= 4 is 17.3 Å². The molecule has 1 N–H and O–H groups in total. The molecule has 0 spiro atoms. The minimum absolute atomic E-state index is 0.363. The Bertz CT molecular complexity index is 791. The van der Waals surface area contributed by atoms with E-state index < -0.39 is 0 Å². The van der Waals surface area contributed by atoms with Crippen molar-refractivity contribution in [3.63, 3.8) is 0 Å². The zero-order chi connectivity index (χ0) is 24.4. The Labute approximate surface area is 205 Å². The zero-order valence-electron chi connectivity index (χ0n) is 21.7. The number of hydrazone groups is 1. The van der Waals surface area contributed by atoms with Crippen molar-refractivity contribution in [1.29, 1.82) is 0 Å². The number of anilines is 2. The van der Waals surface area contributed by atoms with E-state index in [2.05, 4.69) is 54.5 Å². The van der Waals surface area contributed by atoms with Crippen LogP contribution in [0.25, 0.3) is 0 Å². The number of rotatable bonds is 11. The van der Waals surface area contributed by atoms with Gasteiger partial charge >= 0.3 is 6.01 Å². The van der Waals surface area contributed by atoms with Gasteiger partial charge in [0, 0.05) is 44.5 Å². The summed E-state index contributed by atoms with van der Waals surface area (Å²) in [5.41, 5.74) is 4.78. The fraction of sp³-hybridized carbons (Fsp3) is 0.731. The highest BCUT2D eigenvalue weighted by Crippen LogP contribution is 2.36. The van der Waals surface area contributed by atoms with Crippen molar-refractivity contribution in [3.05, 3.63) is 18.7 Å². The number of hydrogen-bond acceptors (Lipinski definition) is 8. The first-order chi connectivity index (χ1) is 16.4. The third-order valence-corrected chi connectivity index (χ3v) is 6.72. The van der Waals surface area contributed by atoms with E-state index >= 15 is 0 Å². The Morgan fingerprint density at radius 2 is 2.00 bits per heavy atom. The lowest BCUT2D eigenvalue weighted by Gasteiger charge is -2.34. The average Bonchev–Trinajstić information content (AvgIpc) is 2.83. The first-order valence-corrected chi connectivity index (χ1v) is 12.9. The molecule has 0 unspecified atom stereocenters. The molecule has 0 aromatic carbocycles. The van der Waals surface area contributed by atoms with Crippen LogP contribution in [0.2, 0.25) is 0 Å². The maximum Gasteiger partial charge on any atom is 0.320 e. The Balaban J connectivity index is 1.68. The normalized spacial score (nSPS) is 19.5. The number of nitrogens with one attached hydrogen (secondary N) is 1. The van der Waals surface area contributed by atoms with Gasteiger partial charge in [0.25, 0.3) is 0 Å². The largest absolute Gasteiger partial charge is 0.462 e. The SMILES string of the molecule is C=CCN(CCC)c1cc(NN=C2CCC(C(C)(C)C)CC2)nc(OCCN2CCOCC2)n1. The molecule has 0 atom stereocenters. The van der Waals surface area contributed by atoms with Crippen molar-refractivity contribution < 1.29 is 9.47 Å². The minimum Gasteiger partial charge on any atom is -0.462 e. The summed E-state index contributed by atoms with van der Waals surface area (Å²) in [6.45, 7) is 19.5. The Hall–Kier alpha value is -2.19. The third-order valence-electron chi connectivity index (χ3n) is 6.72. The highest BCUT2D eigenvalue weighted by molar-refractivity contribution is 5.85. The van der Waals surface area contributed by atoms with Crippen LogP contribution < -0.4 is 15.1 Å². The summed E-state index contributed by atoms with van der Waals surface area (Å²) >= 11 is 0. The van der Waals surface area contributed by atoms with Crippen LogP contribution in [-0.4, -0.2) is 73.1 Å². The molecule has 1 aliphatic heterocycles. The second-order valence-corrected chi connectivity index (χ2v) is 10.4. The fourth-order valence-corrected chi connectivity index (χ4v) is 4.58. The van der Waals surface area contributed by atoms with E-state index in [0.29, 0.717) is 23.9 Å². The molecule has 3 rings (SSSR count). The van der Waals surface area contributed by atoms with E-state index in [1.807, 2.05) is 12.1 Å². The van der Waals surface area contributed by atoms with Gasteiger partial charge in [0.05, 0.1) is 13.2 Å². The van der Waals surface area contributed by atoms with Gasteiger partial charge in [0.15, 0.2) is 5.82 Å². The van der Waals surface area contributed by atoms with E-state index in [0.717, 1.165) is 76.9 Å². The Morgan fingerprint density at radius 1 is 1.26 bits per heavy atom. The monoisotopic (exact) mass is 472 g/mol. The molecular formula is C26H44N6O2. The third kappa shape index (κ3) is 8.24. The fourth-order valence-electron chi connectivity index (χ4n) is 4.58. The molecule has 0 amide bonds. The van der Waals surface area contributed by atoms with Crippen molar-refractivity contribution in [3.8, 4) is 6.01 Å². The standard InChI is InChI=1S/C26H44N6O2/c1-6-12-32(13-7-2)24-20-23(30-29-22-10-8-21(9-11-22)26(3,4)5)27-25(28-24)34-19-16-31-14-17-33-18-15-31/h6,20-21H,1,7-19H2,2-5H3,(H,27,28,30). The predicted molar refractivity (Wildman–Crippen MR) is 140 cm³/mol. The van der Waals surface area contributed by atoms with Gasteiger partial charge in [-0.25, -0.2) is 0 Å². The van der Waals surface area contributed by atoms with Crippen molar-refractivity contribution in [2.24, 2.45) is 16.4 Å². The molecule has 1 saturated heterocycles. The lowest BCUT2D eigenvalue weighted by Crippen LogP contribution is -2.38. The topological polar surface area (TPSA) is 75.1 Å². The van der Waals surface area contributed by atoms with E-state index in [-0.39, 0.29) is 0 Å². The number of ether oxygens (including phenoxy) is 2. The summed E-state index contributed by atoms with van der Waals surface area (Å²) in [4.78, 5) is 13.8. The van der Waals surface area contributed by atoms with Gasteiger partial charge in [-0.3, -0.25) is 10.3 Å². The second-order valence-electron chi connectivity index (χ2n) is 10.4. The molecule has 8 nitrogen and oxygen atoms in total. The van der Waals surface area contributed by atoms with Crippen LogP contribution in [0.4, 0.5) is 11.6 Å². The molecule has 2 heterocycles. The van der Waals surface area contributed by atoms with Crippen molar-refractivity contribution in [2.75, 3.05) is 62.9 Å². The van der Waals surface area contributed by atoms with Gasteiger partial charge in [0.1, 0.15) is 12.4 Å². The number of hydrogen-bond donors (Lipinski definition) is 1. The summed E-state index contributed by atoms with van der Waals surface area (Å²) < 4.78 is 11.4. The van der Waals surface area contributed by atoms with Crippen LogP contribution in [-0.2, 0) is 4.74 Å². The molecular weight excluding hydrogens is 428 g/mol. The van der Waals surface area contributed by atoms with E-state index in [9.17, 15) is 0 Å². The molecule has 34 heavy (non-hydrogen) atoms. The lowest BCUT2D eigenvalue weighted by atomic mass is 9.72. The maximum atomic E-state index is 5.99. The van der Waals surface area contributed by atoms with Gasteiger partial charge < -0.3 is 14.4 Å². The molecule has 1 saturated carbocycles. The van der Waals surface area contributed by atoms with Crippen LogP contribution in [0, 0.1) is 11.3 Å². The first-order valence-electron chi connectivity index (χ1n) is 12.9. The lowest BCUT2D eigenvalue weighted by molar-refractivity contribution is 0.0317. The molecule has 1 aromatic rings. The molecule has 1 aliphatic carbocycles. The smallest absolute Gasteiger partial charge is 0.320 e. The van der Waals surface area contributed by atoms with Gasteiger partial charge in [-0.15, -0.1) is 6.58 Å². The van der Waals surface area contributed by atoms with Gasteiger partial charge in [-0.2, -0.15) is 15.1 Å². The zero-order valence-corrected chi connectivity index (χ0v) is 21.7. The highest BCUT2D eigenvalue weighted by Gasteiger charge is 2.28. The number of nitrogens with zero attached hydrogens (tertiary/aromatic N) is 5. The van der Waals surface area contributed by atoms with Gasteiger partial charge in [-0.1, -0.05) is 33.8 Å². The summed E-state index contributed by atoms with van der Waals surface area (Å²) in [5, 5.41) is 4.72. The van der Waals surface area contributed by atoms with Crippen LogP contribution in [0.3, 0.4) is 0 Å². The minimum atomic E-state index is 0.363. The molecule has 2 aliphatic rings. The first kappa shape index (κ1) is 26.4. The molecule has 0 bridgehead atoms. The summed E-state index contributed by atoms with van der Waals surface area (Å²) in [6, 6.07) is 2.34. The average molecular weight is 473 g/mol. The summed E-state index contributed by atoms with van der Waals surface area (Å²) in [6.07, 6.45) is 7.38. The molecule has 1 aromatic heterocycles. The van der Waals surface area contributed by atoms with Crippen molar-refractivity contribution in [1.82, 2.24) is 14.9 Å². The van der Waals surface area contributed by atoms with E-state index in [4.69, 9.17) is 19.6 Å². The molecule has 190 valence electrons. The summed E-state index contributed by atoms with van der Waals surface area (Å²) in [5.74, 6) is 2.25. The van der Waals surface area contributed by atoms with E-state index in [1.165, 1.54) is 18.6 Å². The van der Waals surface area contributed by atoms with Crippen LogP contribution in [0.1, 0.15) is 59.8 Å². The van der Waals surface area contributed by atoms with Crippen LogP contribution >= 0.6 is 0 Å². The van der Waals surface area contributed by atoms with Crippen molar-refractivity contribution in [2.45, 2.75) is 59.8 Å². The maximum absolute atomic E-state index is 5.99. The predicted octanol–water partition coefficient (Wildman–Crippen LogP) is 4.59. The Morgan fingerprint density at radius 3 is 2.65 bits per heavy atom. The van der Waals surface area contributed by atoms with E-state index in [1.54, 1.807) is 0 Å². The molecule has 8 heteroatoms. The highest BCUT2D eigenvalue weighted by atomic mass is 16.5. The molecule has 0 radical (unpaired) electrons. The summed E-state index contributed by atoms with van der Waals surface area (Å²) in [7, 11) is 0. The number of morpholine rings is 1. The van der Waals surface area contributed by atoms with Gasteiger partial charge in [0.2, 0.25) is 0 Å². The Kier molecular flexibility index (Phi) is 10.1. The number of aromatic nitrogens is 2. The van der Waals surface area contributed by atoms with Gasteiger partial charge in [-0.05, 0) is 43.4 Å². The second kappa shape index (κ2) is 13.0.